The van der Waals surface area contributed by atoms with E-state index in [1.54, 1.807) is 6.07 Å². The molecule has 1 amide bonds. The van der Waals surface area contributed by atoms with Crippen molar-refractivity contribution in [2.24, 2.45) is 0 Å². The number of ketones is 1. The van der Waals surface area contributed by atoms with Crippen LogP contribution in [0.15, 0.2) is 73.1 Å². The summed E-state index contributed by atoms with van der Waals surface area (Å²) in [5.74, 6) is -2.33. The maximum atomic E-state index is 14.6. The Bertz CT molecular complexity index is 1350. The van der Waals surface area contributed by atoms with Crippen LogP contribution in [-0.2, 0) is 6.18 Å². The van der Waals surface area contributed by atoms with Crippen LogP contribution in [0, 0.1) is 5.82 Å². The molecule has 0 aliphatic rings. The molecule has 0 spiro atoms. The van der Waals surface area contributed by atoms with E-state index >= 15 is 0 Å². The lowest BCUT2D eigenvalue weighted by atomic mass is 10.0. The molecule has 0 saturated heterocycles. The van der Waals surface area contributed by atoms with E-state index in [0.717, 1.165) is 18.2 Å². The van der Waals surface area contributed by atoms with E-state index in [9.17, 15) is 27.2 Å². The van der Waals surface area contributed by atoms with Crippen molar-refractivity contribution in [2.45, 2.75) is 6.18 Å². The first-order valence-electron chi connectivity index (χ1n) is 9.26. The summed E-state index contributed by atoms with van der Waals surface area (Å²) >= 11 is 0. The third kappa shape index (κ3) is 4.31. The van der Waals surface area contributed by atoms with Crippen LogP contribution in [0.25, 0.3) is 11.0 Å². The lowest BCUT2D eigenvalue weighted by Crippen LogP contribution is -2.14. The topological polar surface area (TPSA) is 72.0 Å². The van der Waals surface area contributed by atoms with Gasteiger partial charge < -0.3 is 5.32 Å². The molecule has 0 atom stereocenters. The van der Waals surface area contributed by atoms with Crippen molar-refractivity contribution in [3.05, 3.63) is 101 Å². The quantitative estimate of drug-likeness (QED) is 0.347. The third-order valence-corrected chi connectivity index (χ3v) is 4.66. The molecule has 0 aliphatic heterocycles. The fourth-order valence-corrected chi connectivity index (χ4v) is 3.08. The van der Waals surface area contributed by atoms with E-state index < -0.39 is 29.2 Å². The van der Waals surface area contributed by atoms with Crippen LogP contribution in [0.3, 0.4) is 0 Å². The molecular weight excluding hydrogens is 426 g/mol. The van der Waals surface area contributed by atoms with Crippen molar-refractivity contribution in [2.75, 3.05) is 5.32 Å². The van der Waals surface area contributed by atoms with Gasteiger partial charge in [-0.05, 0) is 54.6 Å². The van der Waals surface area contributed by atoms with Crippen LogP contribution < -0.4 is 5.32 Å². The van der Waals surface area contributed by atoms with Crippen molar-refractivity contribution in [3.63, 3.8) is 0 Å². The minimum atomic E-state index is -4.60. The maximum Gasteiger partial charge on any atom is 0.416 e. The molecule has 0 saturated carbocycles. The molecule has 0 fully saturated rings. The number of benzene rings is 3. The summed E-state index contributed by atoms with van der Waals surface area (Å²) in [6.07, 6.45) is -1.62. The molecule has 9 heteroatoms. The van der Waals surface area contributed by atoms with Gasteiger partial charge >= 0.3 is 6.18 Å². The van der Waals surface area contributed by atoms with Gasteiger partial charge in [-0.1, -0.05) is 6.07 Å². The van der Waals surface area contributed by atoms with Crippen molar-refractivity contribution in [1.82, 2.24) is 9.97 Å². The molecule has 32 heavy (non-hydrogen) atoms. The van der Waals surface area contributed by atoms with E-state index in [2.05, 4.69) is 15.3 Å². The Hall–Kier alpha value is -4.14. The summed E-state index contributed by atoms with van der Waals surface area (Å²) in [7, 11) is 0. The molecule has 4 aromatic rings. The number of carbonyl (C=O) groups is 2. The number of rotatable bonds is 4. The highest BCUT2D eigenvalue weighted by Crippen LogP contribution is 2.29. The fourth-order valence-electron chi connectivity index (χ4n) is 3.08. The Morgan fingerprint density at radius 1 is 0.812 bits per heavy atom. The molecule has 5 nitrogen and oxygen atoms in total. The normalized spacial score (nSPS) is 11.4. The monoisotopic (exact) mass is 439 g/mol. The SMILES string of the molecule is O=C(Nc1ccc(C(=O)c2ccc3nccnc3c2)c(F)c1)c1cccc(C(F)(F)F)c1. The maximum absolute atomic E-state index is 14.6. The fraction of sp³-hybridized carbons (Fsp3) is 0.0435. The van der Waals surface area contributed by atoms with Crippen molar-refractivity contribution in [1.29, 1.82) is 0 Å². The molecule has 0 radical (unpaired) electrons. The molecule has 0 bridgehead atoms. The number of nitrogens with one attached hydrogen (secondary N) is 1. The van der Waals surface area contributed by atoms with Crippen LogP contribution in [0.4, 0.5) is 23.2 Å². The number of halogens is 4. The lowest BCUT2D eigenvalue weighted by molar-refractivity contribution is -0.137. The standard InChI is InChI=1S/C23H13F4N3O2/c24-18-12-16(30-22(32)14-2-1-3-15(10-14)23(25,26)27)5-6-17(18)21(31)13-4-7-19-20(11-13)29-9-8-28-19/h1-12H,(H,30,32). The first kappa shape index (κ1) is 21.1. The molecule has 1 aromatic heterocycles. The van der Waals surface area contributed by atoms with Crippen LogP contribution in [0.1, 0.15) is 31.8 Å². The van der Waals surface area contributed by atoms with Gasteiger partial charge in [-0.15, -0.1) is 0 Å². The van der Waals surface area contributed by atoms with Crippen molar-refractivity contribution < 1.29 is 27.2 Å². The summed E-state index contributed by atoms with van der Waals surface area (Å²) in [4.78, 5) is 33.2. The van der Waals surface area contributed by atoms with E-state index in [1.807, 2.05) is 0 Å². The third-order valence-electron chi connectivity index (χ3n) is 4.66. The Morgan fingerprint density at radius 3 is 2.28 bits per heavy atom. The number of nitrogens with zero attached hydrogens (tertiary/aromatic N) is 2. The lowest BCUT2D eigenvalue weighted by Gasteiger charge is -2.10. The van der Waals surface area contributed by atoms with E-state index in [0.29, 0.717) is 17.1 Å². The number of hydrogen-bond acceptors (Lipinski definition) is 4. The Morgan fingerprint density at radius 2 is 1.56 bits per heavy atom. The summed E-state index contributed by atoms with van der Waals surface area (Å²) < 4.78 is 53.1. The predicted molar refractivity (Wildman–Crippen MR) is 109 cm³/mol. The van der Waals surface area contributed by atoms with Gasteiger partial charge in [0.05, 0.1) is 22.2 Å². The van der Waals surface area contributed by atoms with Gasteiger partial charge in [0.2, 0.25) is 0 Å². The molecule has 160 valence electrons. The van der Waals surface area contributed by atoms with Gasteiger partial charge in [0.15, 0.2) is 5.78 Å². The number of anilines is 1. The zero-order chi connectivity index (χ0) is 22.9. The Labute approximate surface area is 178 Å². The smallest absolute Gasteiger partial charge is 0.322 e. The second-order valence-electron chi connectivity index (χ2n) is 6.82. The van der Waals surface area contributed by atoms with Gasteiger partial charge in [0.25, 0.3) is 5.91 Å². The summed E-state index contributed by atoms with van der Waals surface area (Å²) in [6, 6.07) is 11.9. The highest BCUT2D eigenvalue weighted by atomic mass is 19.4. The number of hydrogen-bond donors (Lipinski definition) is 1. The first-order valence-corrected chi connectivity index (χ1v) is 9.26. The highest BCUT2D eigenvalue weighted by molar-refractivity contribution is 6.11. The molecule has 1 heterocycles. The highest BCUT2D eigenvalue weighted by Gasteiger charge is 2.31. The van der Waals surface area contributed by atoms with E-state index in [4.69, 9.17) is 0 Å². The molecule has 0 aliphatic carbocycles. The average Bonchev–Trinajstić information content (AvgIpc) is 2.78. The molecule has 0 unspecified atom stereocenters. The van der Waals surface area contributed by atoms with Crippen LogP contribution in [0.5, 0.6) is 0 Å². The minimum absolute atomic E-state index is 0.00848. The zero-order valence-electron chi connectivity index (χ0n) is 16.2. The van der Waals surface area contributed by atoms with Gasteiger partial charge in [0.1, 0.15) is 5.82 Å². The number of carbonyl (C=O) groups excluding carboxylic acids is 2. The number of fused-ring (bicyclic) bond motifs is 1. The summed E-state index contributed by atoms with van der Waals surface area (Å²) in [5.41, 5.74) is -0.190. The second-order valence-corrected chi connectivity index (χ2v) is 6.82. The van der Waals surface area contributed by atoms with E-state index in [-0.39, 0.29) is 22.4 Å². The number of alkyl halides is 3. The predicted octanol–water partition coefficient (Wildman–Crippen LogP) is 5.27. The van der Waals surface area contributed by atoms with Crippen molar-refractivity contribution >= 4 is 28.4 Å². The van der Waals surface area contributed by atoms with Gasteiger partial charge in [-0.25, -0.2) is 4.39 Å². The van der Waals surface area contributed by atoms with Crippen LogP contribution in [-0.4, -0.2) is 21.7 Å². The molecule has 3 aromatic carbocycles. The zero-order valence-corrected chi connectivity index (χ0v) is 16.2. The summed E-state index contributed by atoms with van der Waals surface area (Å²) in [6.45, 7) is 0. The molecule has 1 N–H and O–H groups in total. The molecular formula is C23H13F4N3O2. The largest absolute Gasteiger partial charge is 0.416 e. The van der Waals surface area contributed by atoms with Gasteiger partial charge in [-0.2, -0.15) is 13.2 Å². The number of amides is 1. The van der Waals surface area contributed by atoms with E-state index in [1.165, 1.54) is 42.7 Å². The van der Waals surface area contributed by atoms with Crippen LogP contribution in [0.2, 0.25) is 0 Å². The Kier molecular flexibility index (Phi) is 5.40. The first-order chi connectivity index (χ1) is 15.2. The second kappa shape index (κ2) is 8.18. The van der Waals surface area contributed by atoms with Gasteiger partial charge in [-0.3, -0.25) is 19.6 Å². The Balaban J connectivity index is 1.55. The average molecular weight is 439 g/mol. The van der Waals surface area contributed by atoms with Gasteiger partial charge in [0, 0.05) is 29.2 Å². The summed E-state index contributed by atoms with van der Waals surface area (Å²) in [5, 5.41) is 2.33. The van der Waals surface area contributed by atoms with Crippen LogP contribution >= 0.6 is 0 Å². The number of aromatic nitrogens is 2. The minimum Gasteiger partial charge on any atom is -0.322 e. The molecule has 4 rings (SSSR count). The van der Waals surface area contributed by atoms with Crippen molar-refractivity contribution in [3.8, 4) is 0 Å².